The molecule has 1 unspecified atom stereocenters. The van der Waals surface area contributed by atoms with Crippen LogP contribution in [0.15, 0.2) is 24.3 Å². The van der Waals surface area contributed by atoms with Crippen molar-refractivity contribution in [1.29, 1.82) is 0 Å². The SMILES string of the molecule is CC(SCCOc1ccc(Cl)cc1)C(=O)O. The van der Waals surface area contributed by atoms with Crippen LogP contribution in [0.3, 0.4) is 0 Å². The second-order valence-electron chi connectivity index (χ2n) is 3.15. The molecular formula is C11H13ClO3S. The molecule has 1 rings (SSSR count). The zero-order valence-corrected chi connectivity index (χ0v) is 10.4. The average Bonchev–Trinajstić information content (AvgIpc) is 2.26. The Balaban J connectivity index is 2.21. The molecule has 0 saturated carbocycles. The number of halogens is 1. The summed E-state index contributed by atoms with van der Waals surface area (Å²) in [4.78, 5) is 10.5. The third kappa shape index (κ3) is 4.77. The van der Waals surface area contributed by atoms with Gasteiger partial charge in [0.05, 0.1) is 11.9 Å². The molecule has 1 N–H and O–H groups in total. The fraction of sp³-hybridized carbons (Fsp3) is 0.364. The maximum Gasteiger partial charge on any atom is 0.316 e. The fourth-order valence-corrected chi connectivity index (χ4v) is 1.79. The van der Waals surface area contributed by atoms with Crippen molar-refractivity contribution in [3.63, 3.8) is 0 Å². The van der Waals surface area contributed by atoms with Crippen LogP contribution in [0.25, 0.3) is 0 Å². The number of rotatable bonds is 6. The van der Waals surface area contributed by atoms with E-state index in [0.29, 0.717) is 17.4 Å². The van der Waals surface area contributed by atoms with E-state index in [-0.39, 0.29) is 0 Å². The quantitative estimate of drug-likeness (QED) is 0.799. The number of thioether (sulfide) groups is 1. The normalized spacial score (nSPS) is 12.1. The highest BCUT2D eigenvalue weighted by atomic mass is 35.5. The van der Waals surface area contributed by atoms with E-state index in [1.165, 1.54) is 11.8 Å². The second-order valence-corrected chi connectivity index (χ2v) is 5.04. The van der Waals surface area contributed by atoms with Gasteiger partial charge in [0, 0.05) is 10.8 Å². The molecule has 0 radical (unpaired) electrons. The Bertz CT molecular complexity index is 340. The van der Waals surface area contributed by atoms with Gasteiger partial charge in [-0.25, -0.2) is 0 Å². The van der Waals surface area contributed by atoms with E-state index in [9.17, 15) is 4.79 Å². The van der Waals surface area contributed by atoms with Gasteiger partial charge in [0.15, 0.2) is 0 Å². The number of benzene rings is 1. The number of carboxylic acid groups (broad SMARTS) is 1. The van der Waals surface area contributed by atoms with Crippen molar-refractivity contribution < 1.29 is 14.6 Å². The highest BCUT2D eigenvalue weighted by Gasteiger charge is 2.10. The Morgan fingerprint density at radius 3 is 2.69 bits per heavy atom. The number of hydrogen-bond donors (Lipinski definition) is 1. The third-order valence-corrected chi connectivity index (χ3v) is 3.24. The minimum Gasteiger partial charge on any atom is -0.493 e. The van der Waals surface area contributed by atoms with Crippen molar-refractivity contribution in [1.82, 2.24) is 0 Å². The van der Waals surface area contributed by atoms with Gasteiger partial charge in [-0.3, -0.25) is 4.79 Å². The molecule has 16 heavy (non-hydrogen) atoms. The summed E-state index contributed by atoms with van der Waals surface area (Å²) in [6.45, 7) is 2.15. The van der Waals surface area contributed by atoms with Crippen molar-refractivity contribution in [3.05, 3.63) is 29.3 Å². The van der Waals surface area contributed by atoms with E-state index in [0.717, 1.165) is 5.75 Å². The first-order chi connectivity index (χ1) is 7.59. The van der Waals surface area contributed by atoms with Crippen LogP contribution in [0.2, 0.25) is 5.02 Å². The number of carbonyl (C=O) groups is 1. The van der Waals surface area contributed by atoms with Gasteiger partial charge >= 0.3 is 5.97 Å². The minimum absolute atomic E-state index is 0.395. The summed E-state index contributed by atoms with van der Waals surface area (Å²) < 4.78 is 5.42. The molecule has 0 aliphatic carbocycles. The van der Waals surface area contributed by atoms with E-state index in [1.54, 1.807) is 31.2 Å². The molecule has 1 aromatic rings. The van der Waals surface area contributed by atoms with E-state index in [2.05, 4.69) is 0 Å². The summed E-state index contributed by atoms with van der Waals surface area (Å²) in [5.41, 5.74) is 0. The number of carboxylic acids is 1. The van der Waals surface area contributed by atoms with Crippen LogP contribution < -0.4 is 4.74 Å². The Hall–Kier alpha value is -0.870. The van der Waals surface area contributed by atoms with Gasteiger partial charge in [-0.2, -0.15) is 0 Å². The van der Waals surface area contributed by atoms with Crippen molar-refractivity contribution in [3.8, 4) is 5.75 Å². The van der Waals surface area contributed by atoms with Gasteiger partial charge in [0.2, 0.25) is 0 Å². The maximum absolute atomic E-state index is 10.5. The summed E-state index contributed by atoms with van der Waals surface area (Å²) in [6, 6.07) is 7.08. The molecule has 3 nitrogen and oxygen atoms in total. The van der Waals surface area contributed by atoms with Crippen molar-refractivity contribution in [2.45, 2.75) is 12.2 Å². The van der Waals surface area contributed by atoms with Gasteiger partial charge in [-0.05, 0) is 31.2 Å². The van der Waals surface area contributed by atoms with Crippen LogP contribution >= 0.6 is 23.4 Å². The average molecular weight is 261 g/mol. The molecule has 0 aliphatic heterocycles. The molecule has 0 fully saturated rings. The Morgan fingerprint density at radius 1 is 1.50 bits per heavy atom. The number of ether oxygens (including phenoxy) is 1. The van der Waals surface area contributed by atoms with Crippen LogP contribution in [0.1, 0.15) is 6.92 Å². The van der Waals surface area contributed by atoms with Gasteiger partial charge in [-0.1, -0.05) is 11.6 Å². The summed E-state index contributed by atoms with van der Waals surface area (Å²) in [7, 11) is 0. The van der Waals surface area contributed by atoms with Crippen molar-refractivity contribution in [2.75, 3.05) is 12.4 Å². The molecule has 0 spiro atoms. The lowest BCUT2D eigenvalue weighted by Crippen LogP contribution is -2.13. The molecule has 1 aromatic carbocycles. The summed E-state index contributed by atoms with van der Waals surface area (Å²) in [5.74, 6) is 0.597. The smallest absolute Gasteiger partial charge is 0.316 e. The standard InChI is InChI=1S/C11H13ClO3S/c1-8(11(13)14)16-7-6-15-10-4-2-9(12)3-5-10/h2-5,8H,6-7H2,1H3,(H,13,14). The minimum atomic E-state index is -0.795. The molecule has 88 valence electrons. The van der Waals surface area contributed by atoms with Crippen molar-refractivity contribution in [2.24, 2.45) is 0 Å². The first-order valence-corrected chi connectivity index (χ1v) is 6.25. The Labute approximate surface area is 104 Å². The summed E-state index contributed by atoms with van der Waals surface area (Å²) in [6.07, 6.45) is 0. The van der Waals surface area contributed by atoms with Crippen LogP contribution in [0.4, 0.5) is 0 Å². The zero-order valence-electron chi connectivity index (χ0n) is 8.85. The lowest BCUT2D eigenvalue weighted by Gasteiger charge is -2.08. The highest BCUT2D eigenvalue weighted by Crippen LogP contribution is 2.16. The summed E-state index contributed by atoms with van der Waals surface area (Å²) in [5, 5.41) is 8.93. The highest BCUT2D eigenvalue weighted by molar-refractivity contribution is 8.00. The molecular weight excluding hydrogens is 248 g/mol. The van der Waals surface area contributed by atoms with Gasteiger partial charge in [0.25, 0.3) is 0 Å². The predicted molar refractivity (Wildman–Crippen MR) is 66.5 cm³/mol. The van der Waals surface area contributed by atoms with E-state index >= 15 is 0 Å². The van der Waals surface area contributed by atoms with Gasteiger partial charge in [0.1, 0.15) is 5.75 Å². The van der Waals surface area contributed by atoms with Crippen LogP contribution in [0, 0.1) is 0 Å². The van der Waals surface area contributed by atoms with Crippen molar-refractivity contribution >= 4 is 29.3 Å². The lowest BCUT2D eigenvalue weighted by atomic mass is 10.3. The van der Waals surface area contributed by atoms with Gasteiger partial charge in [-0.15, -0.1) is 11.8 Å². The van der Waals surface area contributed by atoms with E-state index in [1.807, 2.05) is 0 Å². The molecule has 0 aliphatic rings. The Morgan fingerprint density at radius 2 is 2.12 bits per heavy atom. The fourth-order valence-electron chi connectivity index (χ4n) is 0.987. The molecule has 0 bridgehead atoms. The first-order valence-electron chi connectivity index (χ1n) is 4.82. The van der Waals surface area contributed by atoms with Crippen LogP contribution in [0.5, 0.6) is 5.75 Å². The lowest BCUT2D eigenvalue weighted by molar-refractivity contribution is -0.136. The molecule has 0 aromatic heterocycles. The maximum atomic E-state index is 10.5. The molecule has 1 atom stereocenters. The number of aliphatic carboxylic acids is 1. The van der Waals surface area contributed by atoms with Crippen LogP contribution in [-0.4, -0.2) is 28.7 Å². The first kappa shape index (κ1) is 13.2. The third-order valence-electron chi connectivity index (χ3n) is 1.88. The van der Waals surface area contributed by atoms with E-state index in [4.69, 9.17) is 21.4 Å². The van der Waals surface area contributed by atoms with E-state index < -0.39 is 11.2 Å². The topological polar surface area (TPSA) is 46.5 Å². The monoisotopic (exact) mass is 260 g/mol. The number of hydrogen-bond acceptors (Lipinski definition) is 3. The van der Waals surface area contributed by atoms with Crippen LogP contribution in [-0.2, 0) is 4.79 Å². The van der Waals surface area contributed by atoms with Gasteiger partial charge < -0.3 is 9.84 Å². The summed E-state index contributed by atoms with van der Waals surface area (Å²) >= 11 is 7.08. The molecule has 0 amide bonds. The largest absolute Gasteiger partial charge is 0.493 e. The Kier molecular flexibility index (Phi) is 5.49. The second kappa shape index (κ2) is 6.66. The molecule has 5 heteroatoms. The predicted octanol–water partition coefficient (Wildman–Crippen LogP) is 2.93. The zero-order chi connectivity index (χ0) is 12.0. The molecule has 0 saturated heterocycles. The molecule has 0 heterocycles.